The van der Waals surface area contributed by atoms with Crippen LogP contribution in [-0.2, 0) is 19.4 Å². The summed E-state index contributed by atoms with van der Waals surface area (Å²) in [5, 5.41) is 0. The van der Waals surface area contributed by atoms with Gasteiger partial charge in [0.25, 0.3) is 0 Å². The molecule has 1 aromatic heterocycles. The molecule has 0 N–H and O–H groups in total. The van der Waals surface area contributed by atoms with Gasteiger partial charge in [0.05, 0.1) is 0 Å². The molecule has 0 amide bonds. The molecule has 0 aliphatic heterocycles. The van der Waals surface area contributed by atoms with Crippen LogP contribution >= 0.6 is 0 Å². The van der Waals surface area contributed by atoms with Crippen molar-refractivity contribution in [3.8, 4) is 0 Å². The van der Waals surface area contributed by atoms with Crippen molar-refractivity contribution in [2.75, 3.05) is 0 Å². The Balaban J connectivity index is 1.78. The van der Waals surface area contributed by atoms with Crippen LogP contribution in [0.1, 0.15) is 41.9 Å². The van der Waals surface area contributed by atoms with Crippen molar-refractivity contribution < 1.29 is 9.18 Å². The van der Waals surface area contributed by atoms with Gasteiger partial charge in [0, 0.05) is 30.4 Å². The van der Waals surface area contributed by atoms with E-state index in [1.54, 1.807) is 0 Å². The molecule has 0 saturated carbocycles. The summed E-state index contributed by atoms with van der Waals surface area (Å²) in [6.45, 7) is 5.11. The third-order valence-electron chi connectivity index (χ3n) is 4.22. The fourth-order valence-corrected chi connectivity index (χ4v) is 3.11. The highest BCUT2D eigenvalue weighted by Gasteiger charge is 2.32. The Morgan fingerprint density at radius 1 is 1.14 bits per heavy atom. The van der Waals surface area contributed by atoms with Gasteiger partial charge in [0.2, 0.25) is 0 Å². The maximum atomic E-state index is 12.9. The zero-order valence-electron chi connectivity index (χ0n) is 12.5. The van der Waals surface area contributed by atoms with Crippen LogP contribution in [-0.4, -0.2) is 10.4 Å². The Morgan fingerprint density at radius 3 is 2.57 bits per heavy atom. The number of rotatable bonds is 3. The normalized spacial score (nSPS) is 16.8. The lowest BCUT2D eigenvalue weighted by Gasteiger charge is -2.29. The number of aryl methyl sites for hydroxylation is 2. The van der Waals surface area contributed by atoms with Crippen LogP contribution in [0.25, 0.3) is 0 Å². The molecule has 0 unspecified atom stereocenters. The van der Waals surface area contributed by atoms with Gasteiger partial charge in [-0.25, -0.2) is 4.39 Å². The van der Waals surface area contributed by atoms with E-state index in [1.807, 2.05) is 24.4 Å². The monoisotopic (exact) mass is 285 g/mol. The summed E-state index contributed by atoms with van der Waals surface area (Å²) in [6, 6.07) is 8.57. The Labute approximate surface area is 124 Å². The predicted molar refractivity (Wildman–Crippen MR) is 81.0 cm³/mol. The number of carbonyl (C=O) groups is 1. The minimum absolute atomic E-state index is 0.0378. The maximum Gasteiger partial charge on any atom is 0.165 e. The van der Waals surface area contributed by atoms with Crippen LogP contribution in [0.5, 0.6) is 0 Å². The van der Waals surface area contributed by atoms with Gasteiger partial charge >= 0.3 is 0 Å². The van der Waals surface area contributed by atoms with Gasteiger partial charge in [-0.05, 0) is 42.0 Å². The van der Waals surface area contributed by atoms with E-state index in [2.05, 4.69) is 18.4 Å². The molecular formula is C18H20FNO. The number of halogens is 1. The van der Waals surface area contributed by atoms with Crippen molar-refractivity contribution in [1.82, 2.24) is 4.57 Å². The summed E-state index contributed by atoms with van der Waals surface area (Å²) < 4.78 is 15.1. The van der Waals surface area contributed by atoms with E-state index in [0.29, 0.717) is 6.42 Å². The van der Waals surface area contributed by atoms with Crippen LogP contribution in [0.4, 0.5) is 4.39 Å². The molecule has 0 saturated heterocycles. The number of fused-ring (bicyclic) bond motifs is 1. The van der Waals surface area contributed by atoms with E-state index < -0.39 is 0 Å². The number of carbonyl (C=O) groups excluding carboxylic acids is 1. The second-order valence-electron chi connectivity index (χ2n) is 6.69. The quantitative estimate of drug-likeness (QED) is 0.834. The number of aromatic nitrogens is 1. The summed E-state index contributed by atoms with van der Waals surface area (Å²) in [4.78, 5) is 12.2. The molecule has 2 nitrogen and oxygen atoms in total. The minimum Gasteiger partial charge on any atom is -0.350 e. The molecule has 0 atom stereocenters. The number of Topliss-reactive ketones (excluding diaryl/α,β-unsaturated/α-hetero) is 1. The highest BCUT2D eigenvalue weighted by Crippen LogP contribution is 2.35. The summed E-state index contributed by atoms with van der Waals surface area (Å²) in [6.07, 6.45) is 4.41. The van der Waals surface area contributed by atoms with Crippen molar-refractivity contribution in [3.05, 3.63) is 59.2 Å². The van der Waals surface area contributed by atoms with Crippen LogP contribution < -0.4 is 0 Å². The number of hydrogen-bond acceptors (Lipinski definition) is 1. The molecule has 1 aromatic carbocycles. The molecule has 3 heteroatoms. The Kier molecular flexibility index (Phi) is 3.44. The average molecular weight is 285 g/mol. The van der Waals surface area contributed by atoms with Crippen LogP contribution in [0.3, 0.4) is 0 Å². The molecule has 1 aliphatic rings. The molecule has 110 valence electrons. The third-order valence-corrected chi connectivity index (χ3v) is 4.22. The molecule has 0 radical (unpaired) electrons. The average Bonchev–Trinajstić information content (AvgIpc) is 2.80. The van der Waals surface area contributed by atoms with Gasteiger partial charge in [-0.1, -0.05) is 26.0 Å². The molecule has 0 fully saturated rings. The highest BCUT2D eigenvalue weighted by molar-refractivity contribution is 5.98. The predicted octanol–water partition coefficient (Wildman–Crippen LogP) is 4.03. The van der Waals surface area contributed by atoms with Crippen molar-refractivity contribution in [2.45, 2.75) is 39.7 Å². The van der Waals surface area contributed by atoms with Crippen LogP contribution in [0, 0.1) is 11.2 Å². The van der Waals surface area contributed by atoms with Crippen molar-refractivity contribution in [2.24, 2.45) is 5.41 Å². The van der Waals surface area contributed by atoms with E-state index >= 15 is 0 Å². The standard InChI is InChI=1S/C18H20FNO/c1-18(2)11-16-15(17(21)12-18)8-10-20(16)9-7-13-3-5-14(19)6-4-13/h3-6,8,10H,7,9,11-12H2,1-2H3. The van der Waals surface area contributed by atoms with Crippen molar-refractivity contribution in [3.63, 3.8) is 0 Å². The molecule has 1 heterocycles. The highest BCUT2D eigenvalue weighted by atomic mass is 19.1. The SMILES string of the molecule is CC1(C)CC(=O)c2ccn(CCc3ccc(F)cc3)c2C1. The van der Waals surface area contributed by atoms with E-state index in [0.717, 1.165) is 36.2 Å². The number of ketones is 1. The molecule has 0 spiro atoms. The van der Waals surface area contributed by atoms with Gasteiger partial charge in [-0.15, -0.1) is 0 Å². The molecular weight excluding hydrogens is 265 g/mol. The summed E-state index contributed by atoms with van der Waals surface area (Å²) in [7, 11) is 0. The number of benzene rings is 1. The smallest absolute Gasteiger partial charge is 0.165 e. The first kappa shape index (κ1) is 14.1. The lowest BCUT2D eigenvalue weighted by molar-refractivity contribution is 0.0910. The molecule has 3 rings (SSSR count). The van der Waals surface area contributed by atoms with E-state index in [9.17, 15) is 9.18 Å². The summed E-state index contributed by atoms with van der Waals surface area (Å²) in [5.74, 6) is 0.0474. The van der Waals surface area contributed by atoms with Gasteiger partial charge in [-0.3, -0.25) is 4.79 Å². The number of hydrogen-bond donors (Lipinski definition) is 0. The number of nitrogens with zero attached hydrogens (tertiary/aromatic N) is 1. The largest absolute Gasteiger partial charge is 0.350 e. The van der Waals surface area contributed by atoms with Gasteiger partial charge < -0.3 is 4.57 Å². The third kappa shape index (κ3) is 2.92. The summed E-state index contributed by atoms with van der Waals surface area (Å²) in [5.41, 5.74) is 3.18. The van der Waals surface area contributed by atoms with Gasteiger partial charge in [0.15, 0.2) is 5.78 Å². The van der Waals surface area contributed by atoms with Crippen LogP contribution in [0.2, 0.25) is 0 Å². The zero-order chi connectivity index (χ0) is 15.0. The first-order chi connectivity index (χ1) is 9.94. The van der Waals surface area contributed by atoms with E-state index in [1.165, 1.54) is 12.1 Å². The van der Waals surface area contributed by atoms with Gasteiger partial charge in [0.1, 0.15) is 5.82 Å². The van der Waals surface area contributed by atoms with Crippen molar-refractivity contribution >= 4 is 5.78 Å². The zero-order valence-corrected chi connectivity index (χ0v) is 12.5. The Morgan fingerprint density at radius 2 is 1.86 bits per heavy atom. The maximum absolute atomic E-state index is 12.9. The van der Waals surface area contributed by atoms with E-state index in [4.69, 9.17) is 0 Å². The van der Waals surface area contributed by atoms with Crippen LogP contribution in [0.15, 0.2) is 36.5 Å². The summed E-state index contributed by atoms with van der Waals surface area (Å²) >= 11 is 0. The fraction of sp³-hybridized carbons (Fsp3) is 0.389. The van der Waals surface area contributed by atoms with E-state index in [-0.39, 0.29) is 17.0 Å². The second-order valence-corrected chi connectivity index (χ2v) is 6.69. The Hall–Kier alpha value is -1.90. The lowest BCUT2D eigenvalue weighted by atomic mass is 9.76. The van der Waals surface area contributed by atoms with Crippen molar-refractivity contribution in [1.29, 1.82) is 0 Å². The Bertz CT molecular complexity index is 667. The molecule has 1 aliphatic carbocycles. The first-order valence-corrected chi connectivity index (χ1v) is 7.40. The first-order valence-electron chi connectivity index (χ1n) is 7.40. The lowest BCUT2D eigenvalue weighted by Crippen LogP contribution is -2.28. The molecule has 0 bridgehead atoms. The molecule has 2 aromatic rings. The molecule has 21 heavy (non-hydrogen) atoms. The fourth-order valence-electron chi connectivity index (χ4n) is 3.11. The second kappa shape index (κ2) is 5.14. The topological polar surface area (TPSA) is 22.0 Å². The minimum atomic E-state index is -0.204. The van der Waals surface area contributed by atoms with Gasteiger partial charge in [-0.2, -0.15) is 0 Å².